The third-order valence-electron chi connectivity index (χ3n) is 3.60. The highest BCUT2D eigenvalue weighted by Crippen LogP contribution is 2.18. The van der Waals surface area contributed by atoms with Gasteiger partial charge in [-0.1, -0.05) is 69.7 Å². The molecule has 0 spiro atoms. The molecule has 1 aromatic rings. The van der Waals surface area contributed by atoms with Crippen molar-refractivity contribution in [3.8, 4) is 0 Å². The number of unbranched alkanes of at least 4 members (excludes halogenated alkanes) is 6. The molecule has 0 aliphatic carbocycles. The van der Waals surface area contributed by atoms with Gasteiger partial charge in [-0.25, -0.2) is 4.39 Å². The Morgan fingerprint density at radius 1 is 1.05 bits per heavy atom. The lowest BCUT2D eigenvalue weighted by molar-refractivity contribution is 0.572. The summed E-state index contributed by atoms with van der Waals surface area (Å²) in [6, 6.07) is 5.50. The predicted molar refractivity (Wildman–Crippen MR) is 82.8 cm³/mol. The molecule has 19 heavy (non-hydrogen) atoms. The van der Waals surface area contributed by atoms with E-state index < -0.39 is 0 Å². The van der Waals surface area contributed by atoms with Crippen LogP contribution in [-0.2, 0) is 6.42 Å². The van der Waals surface area contributed by atoms with Gasteiger partial charge in [0, 0.05) is 0 Å². The highest BCUT2D eigenvalue weighted by atomic mass is 19.1. The van der Waals surface area contributed by atoms with Gasteiger partial charge in [0.2, 0.25) is 0 Å². The molecule has 0 N–H and O–H groups in total. The largest absolute Gasteiger partial charge is 0.207 e. The Hall–Kier alpha value is -1.11. The lowest BCUT2D eigenvalue weighted by atomic mass is 10.0. The second-order valence-corrected chi connectivity index (χ2v) is 5.46. The Balaban J connectivity index is 2.28. The molecule has 0 amide bonds. The second kappa shape index (κ2) is 8.90. The molecular weight excluding hydrogens is 235 g/mol. The maximum absolute atomic E-state index is 13.8. The van der Waals surface area contributed by atoms with E-state index in [1.165, 1.54) is 38.5 Å². The zero-order valence-electron chi connectivity index (χ0n) is 12.5. The Kier molecular flexibility index (Phi) is 7.47. The van der Waals surface area contributed by atoms with Crippen molar-refractivity contribution in [1.82, 2.24) is 0 Å². The molecule has 0 aliphatic heterocycles. The molecule has 0 radical (unpaired) electrons. The SMILES string of the molecule is C=C(C)c1ccc(CCCCCCCCC)c(F)c1. The summed E-state index contributed by atoms with van der Waals surface area (Å²) in [6.45, 7) is 7.98. The van der Waals surface area contributed by atoms with E-state index in [1.807, 2.05) is 19.1 Å². The van der Waals surface area contributed by atoms with E-state index in [2.05, 4.69) is 13.5 Å². The smallest absolute Gasteiger partial charge is 0.127 e. The number of hydrogen-bond acceptors (Lipinski definition) is 0. The van der Waals surface area contributed by atoms with Crippen molar-refractivity contribution in [3.63, 3.8) is 0 Å². The molecule has 0 unspecified atom stereocenters. The summed E-state index contributed by atoms with van der Waals surface area (Å²) in [6.07, 6.45) is 9.75. The van der Waals surface area contributed by atoms with E-state index in [9.17, 15) is 4.39 Å². The van der Waals surface area contributed by atoms with Crippen molar-refractivity contribution < 1.29 is 4.39 Å². The number of benzene rings is 1. The fourth-order valence-electron chi connectivity index (χ4n) is 2.29. The van der Waals surface area contributed by atoms with Gasteiger partial charge in [0.25, 0.3) is 0 Å². The van der Waals surface area contributed by atoms with Gasteiger partial charge in [0.15, 0.2) is 0 Å². The zero-order chi connectivity index (χ0) is 14.1. The molecule has 1 aromatic carbocycles. The topological polar surface area (TPSA) is 0 Å². The molecule has 0 atom stereocenters. The van der Waals surface area contributed by atoms with E-state index in [-0.39, 0.29) is 5.82 Å². The zero-order valence-corrected chi connectivity index (χ0v) is 12.5. The van der Waals surface area contributed by atoms with Gasteiger partial charge >= 0.3 is 0 Å². The van der Waals surface area contributed by atoms with Crippen LogP contribution in [0.3, 0.4) is 0 Å². The lowest BCUT2D eigenvalue weighted by Crippen LogP contribution is -1.93. The molecule has 0 aromatic heterocycles. The summed E-state index contributed by atoms with van der Waals surface area (Å²) in [5.41, 5.74) is 2.67. The van der Waals surface area contributed by atoms with Crippen molar-refractivity contribution in [2.24, 2.45) is 0 Å². The fraction of sp³-hybridized carbons (Fsp3) is 0.556. The Bertz CT molecular complexity index is 393. The number of rotatable bonds is 9. The molecule has 0 fully saturated rings. The molecule has 0 aliphatic rings. The second-order valence-electron chi connectivity index (χ2n) is 5.46. The average molecular weight is 262 g/mol. The van der Waals surface area contributed by atoms with Crippen LogP contribution in [0.1, 0.15) is 69.9 Å². The number of allylic oxidation sites excluding steroid dienone is 1. The van der Waals surface area contributed by atoms with E-state index in [1.54, 1.807) is 6.07 Å². The van der Waals surface area contributed by atoms with Crippen LogP contribution in [0.5, 0.6) is 0 Å². The van der Waals surface area contributed by atoms with Gasteiger partial charge in [-0.15, -0.1) is 0 Å². The van der Waals surface area contributed by atoms with Gasteiger partial charge in [-0.05, 0) is 37.0 Å². The summed E-state index contributed by atoms with van der Waals surface area (Å²) in [5.74, 6) is -0.0773. The summed E-state index contributed by atoms with van der Waals surface area (Å²) >= 11 is 0. The molecule has 106 valence electrons. The molecule has 0 heterocycles. The number of halogens is 1. The van der Waals surface area contributed by atoms with E-state index in [0.29, 0.717) is 0 Å². The lowest BCUT2D eigenvalue weighted by Gasteiger charge is -2.06. The molecular formula is C18H27F. The van der Waals surface area contributed by atoms with Crippen LogP contribution in [0, 0.1) is 5.82 Å². The molecule has 0 saturated carbocycles. The Morgan fingerprint density at radius 2 is 1.68 bits per heavy atom. The predicted octanol–water partition coefficient (Wildman–Crippen LogP) is 6.15. The van der Waals surface area contributed by atoms with Crippen molar-refractivity contribution in [1.29, 1.82) is 0 Å². The van der Waals surface area contributed by atoms with Gasteiger partial charge in [0.05, 0.1) is 0 Å². The average Bonchev–Trinajstić information content (AvgIpc) is 2.39. The molecule has 0 nitrogen and oxygen atoms in total. The van der Waals surface area contributed by atoms with Gasteiger partial charge in [-0.2, -0.15) is 0 Å². The molecule has 1 rings (SSSR count). The maximum atomic E-state index is 13.8. The summed E-state index contributed by atoms with van der Waals surface area (Å²) in [5, 5.41) is 0. The van der Waals surface area contributed by atoms with Crippen LogP contribution in [0.2, 0.25) is 0 Å². The quantitative estimate of drug-likeness (QED) is 0.468. The molecule has 1 heteroatoms. The minimum Gasteiger partial charge on any atom is -0.207 e. The first-order chi connectivity index (χ1) is 9.15. The Labute approximate surface area is 117 Å². The van der Waals surface area contributed by atoms with Crippen LogP contribution >= 0.6 is 0 Å². The standard InChI is InChI=1S/C18H27F/c1-4-5-6-7-8-9-10-11-16-12-13-17(15(2)3)14-18(16)19/h12-14H,2,4-11H2,1,3H3. The third kappa shape index (κ3) is 6.04. The van der Waals surface area contributed by atoms with Crippen LogP contribution in [0.15, 0.2) is 24.8 Å². The number of hydrogen-bond donors (Lipinski definition) is 0. The van der Waals surface area contributed by atoms with Gasteiger partial charge in [0.1, 0.15) is 5.82 Å². The molecule has 0 saturated heterocycles. The Morgan fingerprint density at radius 3 is 2.26 bits per heavy atom. The van der Waals surface area contributed by atoms with Crippen LogP contribution < -0.4 is 0 Å². The van der Waals surface area contributed by atoms with E-state index in [0.717, 1.165) is 29.5 Å². The third-order valence-corrected chi connectivity index (χ3v) is 3.60. The summed E-state index contributed by atoms with van der Waals surface area (Å²) in [4.78, 5) is 0. The van der Waals surface area contributed by atoms with Crippen LogP contribution in [0.25, 0.3) is 5.57 Å². The van der Waals surface area contributed by atoms with Crippen molar-refractivity contribution in [2.45, 2.75) is 65.2 Å². The molecule has 0 bridgehead atoms. The van der Waals surface area contributed by atoms with E-state index >= 15 is 0 Å². The van der Waals surface area contributed by atoms with Crippen molar-refractivity contribution >= 4 is 5.57 Å². The van der Waals surface area contributed by atoms with E-state index in [4.69, 9.17) is 0 Å². The first-order valence-electron chi connectivity index (χ1n) is 7.59. The number of aryl methyl sites for hydroxylation is 1. The first kappa shape index (κ1) is 15.9. The minimum atomic E-state index is -0.0773. The maximum Gasteiger partial charge on any atom is 0.127 e. The first-order valence-corrected chi connectivity index (χ1v) is 7.59. The van der Waals surface area contributed by atoms with Crippen LogP contribution in [-0.4, -0.2) is 0 Å². The monoisotopic (exact) mass is 262 g/mol. The summed E-state index contributed by atoms with van der Waals surface area (Å²) < 4.78 is 13.8. The van der Waals surface area contributed by atoms with Crippen molar-refractivity contribution in [2.75, 3.05) is 0 Å². The van der Waals surface area contributed by atoms with Crippen LogP contribution in [0.4, 0.5) is 4.39 Å². The highest BCUT2D eigenvalue weighted by molar-refractivity contribution is 5.61. The van der Waals surface area contributed by atoms with Crippen molar-refractivity contribution in [3.05, 3.63) is 41.7 Å². The minimum absolute atomic E-state index is 0.0773. The highest BCUT2D eigenvalue weighted by Gasteiger charge is 2.04. The summed E-state index contributed by atoms with van der Waals surface area (Å²) in [7, 11) is 0. The van der Waals surface area contributed by atoms with Gasteiger partial charge < -0.3 is 0 Å². The fourth-order valence-corrected chi connectivity index (χ4v) is 2.29. The normalized spacial score (nSPS) is 10.7. The van der Waals surface area contributed by atoms with Gasteiger partial charge in [-0.3, -0.25) is 0 Å².